The highest BCUT2D eigenvalue weighted by atomic mass is 32.2. The van der Waals surface area contributed by atoms with Crippen LogP contribution in [0.2, 0.25) is 0 Å². The molecule has 24 heavy (non-hydrogen) atoms. The molecule has 0 saturated carbocycles. The van der Waals surface area contributed by atoms with Crippen LogP contribution in [0, 0.1) is 0 Å². The van der Waals surface area contributed by atoms with Crippen molar-refractivity contribution in [2.24, 2.45) is 0 Å². The number of carboxylic acid groups (broad SMARTS) is 1. The van der Waals surface area contributed by atoms with Gasteiger partial charge in [0.05, 0.1) is 24.4 Å². The minimum atomic E-state index is -1.00. The predicted molar refractivity (Wildman–Crippen MR) is 92.1 cm³/mol. The Morgan fingerprint density at radius 2 is 1.71 bits per heavy atom. The lowest BCUT2D eigenvalue weighted by atomic mass is 10.0. The summed E-state index contributed by atoms with van der Waals surface area (Å²) in [5.41, 5.74) is 1.63. The summed E-state index contributed by atoms with van der Waals surface area (Å²) in [6.07, 6.45) is -1.44. The molecular formula is C18H20O5S. The van der Waals surface area contributed by atoms with E-state index in [1.165, 1.54) is 17.8 Å². The quantitative estimate of drug-likeness (QED) is 0.547. The average Bonchev–Trinajstić information content (AvgIpc) is 2.60. The maximum Gasteiger partial charge on any atom is 0.336 e. The predicted octanol–water partition coefficient (Wildman–Crippen LogP) is 2.45. The fourth-order valence-corrected chi connectivity index (χ4v) is 3.26. The van der Waals surface area contributed by atoms with Crippen LogP contribution in [0.25, 0.3) is 0 Å². The second-order valence-corrected chi connectivity index (χ2v) is 6.48. The van der Waals surface area contributed by atoms with E-state index in [4.69, 9.17) is 10.2 Å². The Balaban J connectivity index is 1.91. The molecule has 0 aliphatic heterocycles. The van der Waals surface area contributed by atoms with Gasteiger partial charge in [-0.1, -0.05) is 36.4 Å². The van der Waals surface area contributed by atoms with Gasteiger partial charge in [0.2, 0.25) is 0 Å². The molecule has 0 bridgehead atoms. The van der Waals surface area contributed by atoms with Crippen molar-refractivity contribution in [2.75, 3.05) is 5.75 Å². The van der Waals surface area contributed by atoms with Crippen molar-refractivity contribution >= 4 is 17.7 Å². The maximum absolute atomic E-state index is 11.1. The van der Waals surface area contributed by atoms with E-state index in [1.807, 2.05) is 0 Å². The van der Waals surface area contributed by atoms with Gasteiger partial charge in [-0.2, -0.15) is 0 Å². The molecule has 4 N–H and O–H groups in total. The molecule has 0 fully saturated rings. The summed E-state index contributed by atoms with van der Waals surface area (Å²) in [5, 5.41) is 38.4. The van der Waals surface area contributed by atoms with Gasteiger partial charge in [-0.15, -0.1) is 11.8 Å². The van der Waals surface area contributed by atoms with Gasteiger partial charge in [0, 0.05) is 17.1 Å². The van der Waals surface area contributed by atoms with Crippen LogP contribution >= 0.6 is 11.8 Å². The summed E-state index contributed by atoms with van der Waals surface area (Å²) in [6.45, 7) is -0.0569. The van der Waals surface area contributed by atoms with Gasteiger partial charge in [0.1, 0.15) is 0 Å². The van der Waals surface area contributed by atoms with E-state index in [9.17, 15) is 15.0 Å². The number of carboxylic acids is 1. The van der Waals surface area contributed by atoms with Crippen molar-refractivity contribution < 1.29 is 25.2 Å². The molecule has 2 aromatic rings. The summed E-state index contributed by atoms with van der Waals surface area (Å²) in [5.74, 6) is -0.715. The van der Waals surface area contributed by atoms with E-state index >= 15 is 0 Å². The van der Waals surface area contributed by atoms with Gasteiger partial charge in [-0.25, -0.2) is 4.79 Å². The van der Waals surface area contributed by atoms with E-state index < -0.39 is 18.2 Å². The second-order valence-electron chi connectivity index (χ2n) is 5.42. The molecule has 0 spiro atoms. The van der Waals surface area contributed by atoms with Gasteiger partial charge in [0.15, 0.2) is 0 Å². The fraction of sp³-hybridized carbons (Fsp3) is 0.278. The molecular weight excluding hydrogens is 328 g/mol. The first-order valence-corrected chi connectivity index (χ1v) is 8.50. The zero-order chi connectivity index (χ0) is 17.5. The number of benzene rings is 2. The summed E-state index contributed by atoms with van der Waals surface area (Å²) < 4.78 is 0. The average molecular weight is 348 g/mol. The molecule has 5 nitrogen and oxygen atoms in total. The summed E-state index contributed by atoms with van der Waals surface area (Å²) in [7, 11) is 0. The van der Waals surface area contributed by atoms with Crippen LogP contribution in [0.4, 0.5) is 0 Å². The molecule has 2 atom stereocenters. The minimum absolute atomic E-state index is 0.0569. The van der Waals surface area contributed by atoms with Gasteiger partial charge in [-0.05, 0) is 23.3 Å². The smallest absolute Gasteiger partial charge is 0.336 e. The van der Waals surface area contributed by atoms with E-state index in [1.54, 1.807) is 42.5 Å². The van der Waals surface area contributed by atoms with E-state index in [0.29, 0.717) is 10.5 Å². The molecule has 6 heteroatoms. The highest BCUT2D eigenvalue weighted by molar-refractivity contribution is 7.99. The molecule has 0 heterocycles. The number of hydrogen-bond acceptors (Lipinski definition) is 5. The largest absolute Gasteiger partial charge is 0.478 e. The maximum atomic E-state index is 11.1. The third-order valence-corrected chi connectivity index (χ3v) is 4.81. The van der Waals surface area contributed by atoms with Crippen LogP contribution in [0.1, 0.15) is 34.0 Å². The van der Waals surface area contributed by atoms with E-state index in [2.05, 4.69) is 0 Å². The Kier molecular flexibility index (Phi) is 6.81. The number of rotatable bonds is 8. The molecule has 0 radical (unpaired) electrons. The van der Waals surface area contributed by atoms with Crippen LogP contribution in [0.3, 0.4) is 0 Å². The normalized spacial score (nSPS) is 13.5. The lowest BCUT2D eigenvalue weighted by Gasteiger charge is -2.16. The van der Waals surface area contributed by atoms with Crippen molar-refractivity contribution in [3.63, 3.8) is 0 Å². The lowest BCUT2D eigenvalue weighted by molar-refractivity contribution is 0.0692. The summed E-state index contributed by atoms with van der Waals surface area (Å²) in [6, 6.07) is 13.5. The first-order valence-electron chi connectivity index (χ1n) is 7.52. The van der Waals surface area contributed by atoms with Crippen LogP contribution < -0.4 is 0 Å². The fourth-order valence-electron chi connectivity index (χ4n) is 2.26. The molecule has 0 amide bonds. The van der Waals surface area contributed by atoms with Crippen LogP contribution in [-0.2, 0) is 6.61 Å². The number of aliphatic hydroxyl groups is 3. The van der Waals surface area contributed by atoms with Gasteiger partial charge in [-0.3, -0.25) is 0 Å². The monoisotopic (exact) mass is 348 g/mol. The molecule has 0 aliphatic carbocycles. The highest BCUT2D eigenvalue weighted by Crippen LogP contribution is 2.26. The Hall–Kier alpha value is -1.86. The zero-order valence-electron chi connectivity index (χ0n) is 13.0. The molecule has 0 unspecified atom stereocenters. The molecule has 2 rings (SSSR count). The number of hydrogen-bond donors (Lipinski definition) is 4. The van der Waals surface area contributed by atoms with Gasteiger partial charge in [0.25, 0.3) is 0 Å². The van der Waals surface area contributed by atoms with Crippen LogP contribution in [0.15, 0.2) is 53.4 Å². The molecule has 128 valence electrons. The Labute approximate surface area is 144 Å². The summed E-state index contributed by atoms with van der Waals surface area (Å²) >= 11 is 1.25. The third kappa shape index (κ3) is 5.07. The number of thioether (sulfide) groups is 1. The second kappa shape index (κ2) is 8.84. The first-order chi connectivity index (χ1) is 11.5. The van der Waals surface area contributed by atoms with Crippen LogP contribution in [-0.4, -0.2) is 38.3 Å². The van der Waals surface area contributed by atoms with Crippen molar-refractivity contribution in [2.45, 2.75) is 30.1 Å². The number of aliphatic hydroxyl groups excluding tert-OH is 3. The van der Waals surface area contributed by atoms with E-state index in [0.717, 1.165) is 5.56 Å². The van der Waals surface area contributed by atoms with Crippen molar-refractivity contribution in [3.05, 3.63) is 65.2 Å². The standard InChI is InChI=1S/C18H20O5S/c19-10-12-5-7-13(8-6-12)16(21)9-14(20)11-24-17-4-2-1-3-15(17)18(22)23/h1-8,14,16,19-21H,9-11H2,(H,22,23)/t14-,16+/m1/s1. The topological polar surface area (TPSA) is 98.0 Å². The molecule has 0 aromatic heterocycles. The Morgan fingerprint density at radius 3 is 2.33 bits per heavy atom. The SMILES string of the molecule is O=C(O)c1ccccc1SC[C@H](O)C[C@H](O)c1ccc(CO)cc1. The van der Waals surface area contributed by atoms with Gasteiger partial charge >= 0.3 is 5.97 Å². The first kappa shape index (κ1) is 18.5. The van der Waals surface area contributed by atoms with Crippen molar-refractivity contribution in [1.29, 1.82) is 0 Å². The van der Waals surface area contributed by atoms with Crippen molar-refractivity contribution in [1.82, 2.24) is 0 Å². The minimum Gasteiger partial charge on any atom is -0.478 e. The van der Waals surface area contributed by atoms with E-state index in [-0.39, 0.29) is 24.3 Å². The zero-order valence-corrected chi connectivity index (χ0v) is 13.8. The molecule has 0 saturated heterocycles. The van der Waals surface area contributed by atoms with Crippen LogP contribution in [0.5, 0.6) is 0 Å². The molecule has 2 aromatic carbocycles. The molecule has 0 aliphatic rings. The highest BCUT2D eigenvalue weighted by Gasteiger charge is 2.16. The van der Waals surface area contributed by atoms with Gasteiger partial charge < -0.3 is 20.4 Å². The Bertz CT molecular complexity index is 671. The lowest BCUT2D eigenvalue weighted by Crippen LogP contribution is -2.15. The summed E-state index contributed by atoms with van der Waals surface area (Å²) in [4.78, 5) is 11.7. The van der Waals surface area contributed by atoms with Crippen molar-refractivity contribution in [3.8, 4) is 0 Å². The number of carbonyl (C=O) groups is 1. The number of aromatic carboxylic acids is 1. The third-order valence-electron chi connectivity index (χ3n) is 3.59. The Morgan fingerprint density at radius 1 is 1.04 bits per heavy atom.